The molecule has 128 valence electrons. The highest BCUT2D eigenvalue weighted by molar-refractivity contribution is 7.89. The molecule has 0 atom stereocenters. The molecule has 1 amide bonds. The Hall–Kier alpha value is -1.44. The monoisotopic (exact) mass is 339 g/mol. The van der Waals surface area contributed by atoms with Gasteiger partial charge in [0.25, 0.3) is 0 Å². The van der Waals surface area contributed by atoms with E-state index in [-0.39, 0.29) is 5.91 Å². The predicted molar refractivity (Wildman–Crippen MR) is 89.8 cm³/mol. The smallest absolute Gasteiger partial charge is 0.243 e. The molecule has 1 fully saturated rings. The minimum absolute atomic E-state index is 0.0718. The fourth-order valence-corrected chi connectivity index (χ4v) is 4.10. The molecule has 6 nitrogen and oxygen atoms in total. The number of benzene rings is 1. The van der Waals surface area contributed by atoms with Crippen LogP contribution in [0.5, 0.6) is 0 Å². The molecule has 0 spiro atoms. The summed E-state index contributed by atoms with van der Waals surface area (Å²) < 4.78 is 26.9. The summed E-state index contributed by atoms with van der Waals surface area (Å²) in [6, 6.07) is 5.21. The third-order valence-corrected chi connectivity index (χ3v) is 6.19. The Balaban J connectivity index is 2.03. The van der Waals surface area contributed by atoms with Crippen molar-refractivity contribution in [3.05, 3.63) is 29.3 Å². The molecular formula is C16H25N3O3S. The Labute approximate surface area is 138 Å². The van der Waals surface area contributed by atoms with Crippen molar-refractivity contribution in [2.75, 3.05) is 39.8 Å². The lowest BCUT2D eigenvalue weighted by Crippen LogP contribution is -2.50. The van der Waals surface area contributed by atoms with Gasteiger partial charge in [-0.05, 0) is 44.2 Å². The van der Waals surface area contributed by atoms with Crippen molar-refractivity contribution in [3.63, 3.8) is 0 Å². The minimum atomic E-state index is -3.48. The van der Waals surface area contributed by atoms with E-state index >= 15 is 0 Å². The SMILES string of the molecule is CNCCC(=O)N1CCN(S(=O)(=O)c2ccc(C)c(C)c2)CC1. The maximum absolute atomic E-state index is 12.7. The van der Waals surface area contributed by atoms with E-state index in [1.807, 2.05) is 19.9 Å². The predicted octanol–water partition coefficient (Wildman–Crippen LogP) is 0.746. The van der Waals surface area contributed by atoms with Gasteiger partial charge in [-0.1, -0.05) is 6.07 Å². The first-order valence-corrected chi connectivity index (χ1v) is 9.30. The van der Waals surface area contributed by atoms with Gasteiger partial charge in [0.05, 0.1) is 4.90 Å². The van der Waals surface area contributed by atoms with Crippen LogP contribution in [-0.2, 0) is 14.8 Å². The number of amides is 1. The van der Waals surface area contributed by atoms with Gasteiger partial charge in [0.2, 0.25) is 15.9 Å². The van der Waals surface area contributed by atoms with Gasteiger partial charge in [-0.15, -0.1) is 0 Å². The lowest BCUT2D eigenvalue weighted by atomic mass is 10.1. The molecule has 1 aliphatic heterocycles. The maximum atomic E-state index is 12.7. The van der Waals surface area contributed by atoms with Crippen LogP contribution in [0.4, 0.5) is 0 Å². The van der Waals surface area contributed by atoms with Crippen molar-refractivity contribution in [1.29, 1.82) is 0 Å². The summed E-state index contributed by atoms with van der Waals surface area (Å²) >= 11 is 0. The van der Waals surface area contributed by atoms with Crippen molar-refractivity contribution in [2.24, 2.45) is 0 Å². The van der Waals surface area contributed by atoms with Crippen LogP contribution in [0.2, 0.25) is 0 Å². The van der Waals surface area contributed by atoms with Crippen LogP contribution < -0.4 is 5.32 Å². The number of hydrogen-bond acceptors (Lipinski definition) is 4. The zero-order valence-electron chi connectivity index (χ0n) is 14.0. The molecule has 1 N–H and O–H groups in total. The molecule has 7 heteroatoms. The van der Waals surface area contributed by atoms with Gasteiger partial charge in [-0.3, -0.25) is 4.79 Å². The summed E-state index contributed by atoms with van der Waals surface area (Å²) in [5, 5.41) is 2.95. The zero-order chi connectivity index (χ0) is 17.0. The summed E-state index contributed by atoms with van der Waals surface area (Å²) in [6.45, 7) is 6.11. The Morgan fingerprint density at radius 1 is 1.13 bits per heavy atom. The number of rotatable bonds is 5. The summed E-state index contributed by atoms with van der Waals surface area (Å²) in [7, 11) is -1.68. The van der Waals surface area contributed by atoms with E-state index < -0.39 is 10.0 Å². The standard InChI is InChI=1S/C16H25N3O3S/c1-13-4-5-15(12-14(13)2)23(21,22)19-10-8-18(9-11-19)16(20)6-7-17-3/h4-5,12,17H,6-11H2,1-3H3. The molecule has 0 unspecified atom stereocenters. The minimum Gasteiger partial charge on any atom is -0.340 e. The van der Waals surface area contributed by atoms with Crippen molar-refractivity contribution >= 4 is 15.9 Å². The highest BCUT2D eigenvalue weighted by Crippen LogP contribution is 2.20. The third-order valence-electron chi connectivity index (χ3n) is 4.30. The van der Waals surface area contributed by atoms with E-state index in [0.717, 1.165) is 11.1 Å². The van der Waals surface area contributed by atoms with Crippen molar-refractivity contribution in [2.45, 2.75) is 25.2 Å². The van der Waals surface area contributed by atoms with E-state index in [4.69, 9.17) is 0 Å². The Kier molecular flexibility index (Phi) is 5.78. The van der Waals surface area contributed by atoms with Crippen LogP contribution in [-0.4, -0.2) is 63.3 Å². The Morgan fingerprint density at radius 2 is 1.78 bits per heavy atom. The van der Waals surface area contributed by atoms with Crippen molar-refractivity contribution < 1.29 is 13.2 Å². The molecule has 2 rings (SSSR count). The molecule has 0 saturated carbocycles. The largest absolute Gasteiger partial charge is 0.340 e. The van der Waals surface area contributed by atoms with Crippen LogP contribution >= 0.6 is 0 Å². The summed E-state index contributed by atoms with van der Waals surface area (Å²) in [5.74, 6) is 0.0718. The van der Waals surface area contributed by atoms with E-state index in [1.165, 1.54) is 4.31 Å². The highest BCUT2D eigenvalue weighted by atomic mass is 32.2. The van der Waals surface area contributed by atoms with Gasteiger partial charge in [0.1, 0.15) is 0 Å². The average molecular weight is 339 g/mol. The first-order chi connectivity index (χ1) is 10.9. The number of piperazine rings is 1. The lowest BCUT2D eigenvalue weighted by molar-refractivity contribution is -0.132. The van der Waals surface area contributed by atoms with Crippen LogP contribution in [0, 0.1) is 13.8 Å². The van der Waals surface area contributed by atoms with Gasteiger partial charge in [0, 0.05) is 39.1 Å². The van der Waals surface area contributed by atoms with Gasteiger partial charge >= 0.3 is 0 Å². The van der Waals surface area contributed by atoms with Gasteiger partial charge in [-0.2, -0.15) is 4.31 Å². The first kappa shape index (κ1) is 17.9. The zero-order valence-corrected chi connectivity index (χ0v) is 14.8. The van der Waals surface area contributed by atoms with E-state index in [9.17, 15) is 13.2 Å². The quantitative estimate of drug-likeness (QED) is 0.859. The second kappa shape index (κ2) is 7.42. The molecule has 0 radical (unpaired) electrons. The van der Waals surface area contributed by atoms with Crippen molar-refractivity contribution in [1.82, 2.24) is 14.5 Å². The van der Waals surface area contributed by atoms with Crippen LogP contribution in [0.1, 0.15) is 17.5 Å². The number of nitrogens with zero attached hydrogens (tertiary/aromatic N) is 2. The maximum Gasteiger partial charge on any atom is 0.243 e. The second-order valence-electron chi connectivity index (χ2n) is 5.88. The number of aryl methyl sites for hydroxylation is 2. The number of hydrogen-bond donors (Lipinski definition) is 1. The van der Waals surface area contributed by atoms with Crippen LogP contribution in [0.25, 0.3) is 0 Å². The van der Waals surface area contributed by atoms with Crippen LogP contribution in [0.3, 0.4) is 0 Å². The molecule has 1 aromatic rings. The van der Waals surface area contributed by atoms with Gasteiger partial charge in [0.15, 0.2) is 0 Å². The highest BCUT2D eigenvalue weighted by Gasteiger charge is 2.29. The molecule has 1 heterocycles. The van der Waals surface area contributed by atoms with Crippen molar-refractivity contribution in [3.8, 4) is 0 Å². The molecule has 1 saturated heterocycles. The molecule has 1 aliphatic rings. The second-order valence-corrected chi connectivity index (χ2v) is 7.82. The number of carbonyl (C=O) groups excluding carboxylic acids is 1. The molecular weight excluding hydrogens is 314 g/mol. The van der Waals surface area contributed by atoms with Gasteiger partial charge in [-0.25, -0.2) is 8.42 Å². The van der Waals surface area contributed by atoms with E-state index in [1.54, 1.807) is 24.1 Å². The number of sulfonamides is 1. The molecule has 0 aliphatic carbocycles. The van der Waals surface area contributed by atoms with Gasteiger partial charge < -0.3 is 10.2 Å². The fraction of sp³-hybridized carbons (Fsp3) is 0.562. The topological polar surface area (TPSA) is 69.7 Å². The summed E-state index contributed by atoms with van der Waals surface area (Å²) in [6.07, 6.45) is 0.445. The van der Waals surface area contributed by atoms with E-state index in [2.05, 4.69) is 5.32 Å². The molecule has 23 heavy (non-hydrogen) atoms. The number of carbonyl (C=O) groups is 1. The number of nitrogens with one attached hydrogen (secondary N) is 1. The van der Waals surface area contributed by atoms with E-state index in [0.29, 0.717) is 44.0 Å². The lowest BCUT2D eigenvalue weighted by Gasteiger charge is -2.34. The first-order valence-electron chi connectivity index (χ1n) is 7.86. The normalized spacial score (nSPS) is 16.6. The summed E-state index contributed by atoms with van der Waals surface area (Å²) in [4.78, 5) is 14.1. The van der Waals surface area contributed by atoms with Crippen LogP contribution in [0.15, 0.2) is 23.1 Å². The molecule has 0 aromatic heterocycles. The fourth-order valence-electron chi connectivity index (χ4n) is 2.59. The summed E-state index contributed by atoms with van der Waals surface area (Å²) in [5.41, 5.74) is 2.04. The average Bonchev–Trinajstić information content (AvgIpc) is 2.55. The molecule has 1 aromatic carbocycles. The Bertz CT molecular complexity index is 665. The third kappa shape index (κ3) is 4.10. The molecule has 0 bridgehead atoms. The Morgan fingerprint density at radius 3 is 2.35 bits per heavy atom.